The number of hydrogen-bond donors (Lipinski definition) is 1. The molecule has 0 bridgehead atoms. The second-order valence-corrected chi connectivity index (χ2v) is 15.4. The lowest BCUT2D eigenvalue weighted by atomic mass is 9.67. The zero-order valence-electron chi connectivity index (χ0n) is 22.5. The van der Waals surface area contributed by atoms with E-state index in [0.717, 1.165) is 12.8 Å². The fraction of sp³-hybridized carbons (Fsp3) is 0.146. The Morgan fingerprint density at radius 1 is 0.581 bits per heavy atom. The monoisotopic (exact) mass is 538 g/mol. The highest BCUT2D eigenvalue weighted by Crippen LogP contribution is 2.84. The van der Waals surface area contributed by atoms with Gasteiger partial charge in [0.25, 0.3) is 0 Å². The van der Waals surface area contributed by atoms with Crippen LogP contribution in [0, 0.1) is 11.3 Å². The summed E-state index contributed by atoms with van der Waals surface area (Å²) < 4.78 is 0. The van der Waals surface area contributed by atoms with Crippen molar-refractivity contribution in [2.75, 3.05) is 0 Å². The molecule has 17 rings (SSSR count). The number of allylic oxidation sites excluding steroid dienone is 2. The summed E-state index contributed by atoms with van der Waals surface area (Å²) in [7, 11) is 0. The van der Waals surface area contributed by atoms with Gasteiger partial charge in [-0.25, -0.2) is 0 Å². The number of fused-ring (bicyclic) bond motifs is 1. The number of carbonyl (C=O) groups is 1. The first-order valence-corrected chi connectivity index (χ1v) is 15.9. The quantitative estimate of drug-likeness (QED) is 0.211. The highest BCUT2D eigenvalue weighted by Gasteiger charge is 2.77. The van der Waals surface area contributed by atoms with Crippen molar-refractivity contribution in [2.45, 2.75) is 24.7 Å². The summed E-state index contributed by atoms with van der Waals surface area (Å²) in [5, 5.41) is 40.8. The first-order valence-electron chi connectivity index (χ1n) is 15.9. The van der Waals surface area contributed by atoms with Gasteiger partial charge in [0.1, 0.15) is 0 Å². The van der Waals surface area contributed by atoms with Gasteiger partial charge in [-0.15, -0.1) is 0 Å². The summed E-state index contributed by atoms with van der Waals surface area (Å²) in [6.07, 6.45) is 4.42. The molecule has 1 spiro atoms. The molecule has 190 valence electrons. The Morgan fingerprint density at radius 3 is 1.88 bits per heavy atom. The molecule has 0 saturated heterocycles. The summed E-state index contributed by atoms with van der Waals surface area (Å²) in [5.41, 5.74) is 11.4. The molecule has 43 heavy (non-hydrogen) atoms. The van der Waals surface area contributed by atoms with Gasteiger partial charge >= 0.3 is 5.97 Å². The van der Waals surface area contributed by atoms with Crippen molar-refractivity contribution in [3.8, 4) is 0 Å². The number of hydrogen-bond acceptors (Lipinski definition) is 1. The second-order valence-electron chi connectivity index (χ2n) is 15.4. The van der Waals surface area contributed by atoms with Crippen molar-refractivity contribution in [3.05, 3.63) is 75.4 Å². The van der Waals surface area contributed by atoms with Gasteiger partial charge in [-0.05, 0) is 177 Å². The molecule has 4 atom stereocenters. The van der Waals surface area contributed by atoms with E-state index in [-0.39, 0.29) is 23.2 Å². The van der Waals surface area contributed by atoms with E-state index in [4.69, 9.17) is 0 Å². The van der Waals surface area contributed by atoms with E-state index >= 15 is 0 Å². The Labute approximate surface area is 240 Å². The minimum Gasteiger partial charge on any atom is -0.481 e. The van der Waals surface area contributed by atoms with Crippen molar-refractivity contribution in [2.24, 2.45) is 11.3 Å². The van der Waals surface area contributed by atoms with Crippen LogP contribution in [0.4, 0.5) is 0 Å². The van der Waals surface area contributed by atoms with Gasteiger partial charge in [-0.2, -0.15) is 0 Å². The zero-order valence-corrected chi connectivity index (χ0v) is 22.5. The van der Waals surface area contributed by atoms with E-state index in [1.54, 1.807) is 5.39 Å². The van der Waals surface area contributed by atoms with Crippen LogP contribution < -0.4 is 0 Å². The van der Waals surface area contributed by atoms with E-state index in [9.17, 15) is 9.90 Å². The van der Waals surface area contributed by atoms with Crippen molar-refractivity contribution in [3.63, 3.8) is 0 Å². The molecule has 1 fully saturated rings. The first-order chi connectivity index (χ1) is 21.2. The lowest BCUT2D eigenvalue weighted by Gasteiger charge is -2.35. The maximum absolute atomic E-state index is 13.1. The molecule has 1 N–H and O–H groups in total. The Kier molecular flexibility index (Phi) is 1.81. The molecule has 11 aromatic carbocycles. The lowest BCUT2D eigenvalue weighted by molar-refractivity contribution is -0.139. The number of carboxylic acid groups (broad SMARTS) is 1. The Hall–Kier alpha value is -4.95. The van der Waals surface area contributed by atoms with Gasteiger partial charge in [0.2, 0.25) is 0 Å². The molecule has 0 aromatic heterocycles. The van der Waals surface area contributed by atoms with Crippen molar-refractivity contribution >= 4 is 119 Å². The smallest absolute Gasteiger partial charge is 0.308 e. The molecular formula is C41H14O2. The number of aliphatic carboxylic acids is 1. The van der Waals surface area contributed by atoms with Crippen LogP contribution in [0.25, 0.3) is 113 Å². The molecule has 2 nitrogen and oxygen atoms in total. The zero-order chi connectivity index (χ0) is 26.6. The van der Waals surface area contributed by atoms with Crippen molar-refractivity contribution < 1.29 is 9.90 Å². The number of rotatable bonds is 1. The molecular weight excluding hydrogens is 524 g/mol. The Bertz CT molecular complexity index is 3430. The third-order valence-corrected chi connectivity index (χ3v) is 14.5. The Morgan fingerprint density at radius 2 is 1.12 bits per heavy atom. The summed E-state index contributed by atoms with van der Waals surface area (Å²) in [5.74, 6) is -0.665. The second kappa shape index (κ2) is 4.36. The van der Waals surface area contributed by atoms with Gasteiger partial charge in [0, 0.05) is 17.3 Å². The van der Waals surface area contributed by atoms with E-state index in [2.05, 4.69) is 36.4 Å². The minimum absolute atomic E-state index is 0.0876. The molecule has 6 aliphatic carbocycles. The average molecular weight is 539 g/mol. The third-order valence-electron chi connectivity index (χ3n) is 14.5. The van der Waals surface area contributed by atoms with Gasteiger partial charge in [-0.3, -0.25) is 4.79 Å². The predicted molar refractivity (Wildman–Crippen MR) is 172 cm³/mol. The minimum atomic E-state index is -0.604. The number of carboxylic acids is 1. The normalized spacial score (nSPS) is 27.1. The van der Waals surface area contributed by atoms with Crippen LogP contribution in [-0.4, -0.2) is 11.1 Å². The van der Waals surface area contributed by atoms with Crippen LogP contribution in [0.5, 0.6) is 0 Å². The van der Waals surface area contributed by atoms with E-state index in [1.165, 1.54) is 147 Å². The standard InChI is InChI=1S/C41H14O2/c42-40(43)39-37-16-7-14-5-11-1-9-2-12-3-10-4-13-6-15-8-41(37,39)38-24(16)29-22(14)27-19(11)17(9)25-21(12)26-18(10)20(13)28-23(15)36(38)35-33(28)31(26)30(25)32(27)34(29)35/h1-4,7-8,37-39H,5-6H2,(H,42,43). The molecule has 6 aliphatic rings. The summed E-state index contributed by atoms with van der Waals surface area (Å²) in [6, 6.07) is 12.5. The largest absolute Gasteiger partial charge is 0.481 e. The highest BCUT2D eigenvalue weighted by atomic mass is 16.4. The van der Waals surface area contributed by atoms with Crippen molar-refractivity contribution in [1.29, 1.82) is 0 Å². The molecule has 0 aliphatic heterocycles. The lowest BCUT2D eigenvalue weighted by Crippen LogP contribution is -2.24. The Balaban J connectivity index is 1.39. The summed E-state index contributed by atoms with van der Waals surface area (Å²) in [4.78, 5) is 13.1. The van der Waals surface area contributed by atoms with Gasteiger partial charge in [-0.1, -0.05) is 24.3 Å². The third kappa shape index (κ3) is 1.18. The van der Waals surface area contributed by atoms with Crippen LogP contribution in [0.2, 0.25) is 0 Å². The molecule has 0 amide bonds. The maximum Gasteiger partial charge on any atom is 0.308 e. The SMILES string of the molecule is O=C(O)C1C2c3cc4c5c6c3C3c7c8c9c%10c(cc%11cc%12cc%13cc(c%14c%13c%13c%12c(c%11%10)c%10c9c7c6c(c5%14)c%13%10)C4)CC8=CC312. The average Bonchev–Trinajstić information content (AvgIpc) is 3.60. The number of benzene rings is 6. The van der Waals surface area contributed by atoms with E-state index in [0.29, 0.717) is 0 Å². The van der Waals surface area contributed by atoms with Gasteiger partial charge < -0.3 is 5.11 Å². The van der Waals surface area contributed by atoms with Crippen LogP contribution in [0.1, 0.15) is 50.8 Å². The molecule has 4 unspecified atom stereocenters. The van der Waals surface area contributed by atoms with E-state index in [1.807, 2.05) is 0 Å². The van der Waals surface area contributed by atoms with Gasteiger partial charge in [0.15, 0.2) is 0 Å². The van der Waals surface area contributed by atoms with Gasteiger partial charge in [0.05, 0.1) is 5.92 Å². The highest BCUT2D eigenvalue weighted by molar-refractivity contribution is 6.63. The topological polar surface area (TPSA) is 37.3 Å². The molecule has 2 heteroatoms. The molecule has 0 radical (unpaired) electrons. The van der Waals surface area contributed by atoms with Crippen LogP contribution in [0.15, 0.2) is 36.4 Å². The first kappa shape index (κ1) is 17.9. The fourth-order valence-electron chi connectivity index (χ4n) is 13.9. The molecule has 11 aromatic rings. The molecule has 1 saturated carbocycles. The molecule has 0 heterocycles. The van der Waals surface area contributed by atoms with E-state index < -0.39 is 5.97 Å². The van der Waals surface area contributed by atoms with Crippen LogP contribution in [0.3, 0.4) is 0 Å². The summed E-state index contributed by atoms with van der Waals surface area (Å²) in [6.45, 7) is 0. The predicted octanol–water partition coefficient (Wildman–Crippen LogP) is 9.38. The summed E-state index contributed by atoms with van der Waals surface area (Å²) >= 11 is 0. The van der Waals surface area contributed by atoms with Crippen molar-refractivity contribution in [1.82, 2.24) is 0 Å². The van der Waals surface area contributed by atoms with Crippen LogP contribution in [-0.2, 0) is 17.6 Å². The maximum atomic E-state index is 13.1. The fourth-order valence-corrected chi connectivity index (χ4v) is 13.9. The van der Waals surface area contributed by atoms with Crippen LogP contribution >= 0.6 is 0 Å².